The highest BCUT2D eigenvalue weighted by Gasteiger charge is 2.16. The van der Waals surface area contributed by atoms with Crippen LogP contribution in [0, 0.1) is 21.0 Å². The van der Waals surface area contributed by atoms with Crippen molar-refractivity contribution in [3.63, 3.8) is 0 Å². The molecule has 0 fully saturated rings. The minimum Gasteiger partial charge on any atom is -0.484 e. The van der Waals surface area contributed by atoms with Gasteiger partial charge in [-0.3, -0.25) is 10.1 Å². The van der Waals surface area contributed by atoms with Crippen LogP contribution in [0.5, 0.6) is 5.75 Å². The van der Waals surface area contributed by atoms with Crippen LogP contribution in [-0.4, -0.2) is 28.7 Å². The van der Waals surface area contributed by atoms with Crippen LogP contribution in [0.1, 0.15) is 21.5 Å². The quantitative estimate of drug-likeness (QED) is 0.350. The molecule has 0 atom stereocenters. The van der Waals surface area contributed by atoms with E-state index in [1.807, 2.05) is 83.3 Å². The molecule has 6 nitrogen and oxygen atoms in total. The van der Waals surface area contributed by atoms with Crippen molar-refractivity contribution < 1.29 is 19.4 Å². The summed E-state index contributed by atoms with van der Waals surface area (Å²) < 4.78 is 6.96. The van der Waals surface area contributed by atoms with E-state index in [2.05, 4.69) is 10.6 Å². The number of hydrogen-bond acceptors (Lipinski definition) is 4. The molecule has 0 aromatic heterocycles. The van der Waals surface area contributed by atoms with Crippen LogP contribution in [0.3, 0.4) is 0 Å². The topological polar surface area (TPSA) is 87.7 Å². The van der Waals surface area contributed by atoms with E-state index in [0.29, 0.717) is 15.0 Å². The average Bonchev–Trinajstić information content (AvgIpc) is 2.54. The Hall–Kier alpha value is -1.47. The number of thiocarbonyl (C=S) groups is 1. The third-order valence-corrected chi connectivity index (χ3v) is 5.02. The van der Waals surface area contributed by atoms with E-state index in [9.17, 15) is 14.7 Å². The Morgan fingerprint density at radius 2 is 1.74 bits per heavy atom. The van der Waals surface area contributed by atoms with Crippen molar-refractivity contribution in [1.82, 2.24) is 5.32 Å². The lowest BCUT2D eigenvalue weighted by atomic mass is 10.1. The molecule has 0 spiro atoms. The molecule has 0 unspecified atom stereocenters. The fraction of sp³-hybridized carbons (Fsp3) is 0.167. The summed E-state index contributed by atoms with van der Waals surface area (Å²) in [6.45, 7) is 3.68. The predicted octanol–water partition coefficient (Wildman–Crippen LogP) is 4.10. The number of rotatable bonds is 5. The Balaban J connectivity index is 1.99. The maximum atomic E-state index is 12.1. The van der Waals surface area contributed by atoms with Crippen molar-refractivity contribution in [2.45, 2.75) is 13.8 Å². The molecule has 2 aromatic carbocycles. The Morgan fingerprint density at radius 1 is 1.11 bits per heavy atom. The molecule has 142 valence electrons. The molecule has 0 heterocycles. The zero-order chi connectivity index (χ0) is 20.1. The summed E-state index contributed by atoms with van der Waals surface area (Å²) in [5, 5.41) is 14.7. The molecule has 0 saturated heterocycles. The zero-order valence-electron chi connectivity index (χ0n) is 14.4. The number of carboxylic acid groups (broad SMARTS) is 1. The van der Waals surface area contributed by atoms with Gasteiger partial charge in [-0.25, -0.2) is 4.79 Å². The summed E-state index contributed by atoms with van der Waals surface area (Å²) in [4.78, 5) is 23.5. The smallest absolute Gasteiger partial charge is 0.337 e. The van der Waals surface area contributed by atoms with Gasteiger partial charge < -0.3 is 15.2 Å². The molecular weight excluding hydrogens is 594 g/mol. The van der Waals surface area contributed by atoms with E-state index < -0.39 is 11.9 Å². The second-order valence-electron chi connectivity index (χ2n) is 5.73. The van der Waals surface area contributed by atoms with Gasteiger partial charge in [0.1, 0.15) is 5.75 Å². The highest BCUT2D eigenvalue weighted by atomic mass is 127. The zero-order valence-corrected chi connectivity index (χ0v) is 19.6. The Labute approximate surface area is 189 Å². The van der Waals surface area contributed by atoms with Gasteiger partial charge in [0.15, 0.2) is 11.7 Å². The molecule has 0 bridgehead atoms. The lowest BCUT2D eigenvalue weighted by Crippen LogP contribution is -2.37. The summed E-state index contributed by atoms with van der Waals surface area (Å²) in [6.07, 6.45) is 0. The number of amides is 1. The van der Waals surface area contributed by atoms with Crippen molar-refractivity contribution >= 4 is 80.1 Å². The molecule has 0 aliphatic carbocycles. The Bertz CT molecular complexity index is 898. The van der Waals surface area contributed by atoms with Gasteiger partial charge in [-0.1, -0.05) is 6.07 Å². The van der Waals surface area contributed by atoms with E-state index in [1.54, 1.807) is 0 Å². The molecule has 1 amide bonds. The number of benzene rings is 2. The Morgan fingerprint density at radius 3 is 2.33 bits per heavy atom. The van der Waals surface area contributed by atoms with E-state index in [-0.39, 0.29) is 17.3 Å². The molecule has 27 heavy (non-hydrogen) atoms. The first-order valence-electron chi connectivity index (χ1n) is 7.70. The molecule has 0 aliphatic heterocycles. The molecule has 0 radical (unpaired) electrons. The molecule has 2 rings (SSSR count). The molecule has 3 N–H and O–H groups in total. The maximum absolute atomic E-state index is 12.1. The van der Waals surface area contributed by atoms with Crippen LogP contribution >= 0.6 is 57.4 Å². The average molecular weight is 610 g/mol. The minimum absolute atomic E-state index is 0.00523. The van der Waals surface area contributed by atoms with Crippen molar-refractivity contribution in [2.75, 3.05) is 11.9 Å². The number of aromatic carboxylic acids is 1. The molecule has 0 aliphatic rings. The first kappa shape index (κ1) is 21.8. The van der Waals surface area contributed by atoms with E-state index in [4.69, 9.17) is 17.0 Å². The standard InChI is InChI=1S/C18H16I2N2O4S/c1-9-3-10(2)5-12(4-9)26-8-15(23)21-18(27)22-16-13(17(24)25)6-11(19)7-14(16)20/h3-7H,8H2,1-2H3,(H,24,25)(H2,21,22,23,27). The predicted molar refractivity (Wildman–Crippen MR) is 125 cm³/mol. The lowest BCUT2D eigenvalue weighted by molar-refractivity contribution is -0.121. The van der Waals surface area contributed by atoms with Crippen LogP contribution in [0.25, 0.3) is 0 Å². The minimum atomic E-state index is -1.08. The molecular formula is C18H16I2N2O4S. The third kappa shape index (κ3) is 6.57. The van der Waals surface area contributed by atoms with Gasteiger partial charge in [0, 0.05) is 7.14 Å². The summed E-state index contributed by atoms with van der Waals surface area (Å²) in [5.41, 5.74) is 2.49. The van der Waals surface area contributed by atoms with E-state index >= 15 is 0 Å². The van der Waals surface area contributed by atoms with Crippen molar-refractivity contribution in [2.24, 2.45) is 0 Å². The van der Waals surface area contributed by atoms with E-state index in [1.165, 1.54) is 6.07 Å². The second-order valence-corrected chi connectivity index (χ2v) is 8.55. The largest absolute Gasteiger partial charge is 0.484 e. The van der Waals surface area contributed by atoms with Crippen LogP contribution in [0.4, 0.5) is 5.69 Å². The van der Waals surface area contributed by atoms with Crippen molar-refractivity contribution in [1.29, 1.82) is 0 Å². The number of nitrogens with one attached hydrogen (secondary N) is 2. The summed E-state index contributed by atoms with van der Waals surface area (Å²) in [5.74, 6) is -0.924. The number of carbonyl (C=O) groups excluding carboxylic acids is 1. The summed E-state index contributed by atoms with van der Waals surface area (Å²) in [7, 11) is 0. The van der Waals surface area contributed by atoms with Gasteiger partial charge in [-0.2, -0.15) is 0 Å². The van der Waals surface area contributed by atoms with Gasteiger partial charge >= 0.3 is 5.97 Å². The number of ether oxygens (including phenoxy) is 1. The van der Waals surface area contributed by atoms with Crippen molar-refractivity contribution in [3.8, 4) is 5.75 Å². The van der Waals surface area contributed by atoms with E-state index in [0.717, 1.165) is 14.7 Å². The van der Waals surface area contributed by atoms with Crippen LogP contribution in [0.2, 0.25) is 0 Å². The fourth-order valence-electron chi connectivity index (χ4n) is 2.34. The number of carbonyl (C=O) groups is 2. The maximum Gasteiger partial charge on any atom is 0.337 e. The summed E-state index contributed by atoms with van der Waals surface area (Å²) >= 11 is 9.18. The number of aryl methyl sites for hydroxylation is 2. The number of anilines is 1. The summed E-state index contributed by atoms with van der Waals surface area (Å²) in [6, 6.07) is 9.02. The molecule has 2 aromatic rings. The number of halogens is 2. The van der Waals surface area contributed by atoms with Crippen LogP contribution < -0.4 is 15.4 Å². The first-order valence-corrected chi connectivity index (χ1v) is 10.3. The highest BCUT2D eigenvalue weighted by molar-refractivity contribution is 14.1. The SMILES string of the molecule is Cc1cc(C)cc(OCC(=O)NC(=S)Nc2c(I)cc(I)cc2C(=O)O)c1. The van der Waals surface area contributed by atoms with Gasteiger partial charge in [-0.05, 0) is 107 Å². The molecule has 9 heteroatoms. The van der Waals surface area contributed by atoms with Gasteiger partial charge in [0.2, 0.25) is 0 Å². The molecule has 0 saturated carbocycles. The van der Waals surface area contributed by atoms with Gasteiger partial charge in [0.25, 0.3) is 5.91 Å². The Kier molecular flexibility index (Phi) is 7.79. The monoisotopic (exact) mass is 610 g/mol. The highest BCUT2D eigenvalue weighted by Crippen LogP contribution is 2.26. The first-order chi connectivity index (χ1) is 12.7. The lowest BCUT2D eigenvalue weighted by Gasteiger charge is -2.14. The normalized spacial score (nSPS) is 10.2. The van der Waals surface area contributed by atoms with Crippen LogP contribution in [0.15, 0.2) is 30.3 Å². The van der Waals surface area contributed by atoms with Crippen LogP contribution in [-0.2, 0) is 4.79 Å². The number of hydrogen-bond donors (Lipinski definition) is 3. The van der Waals surface area contributed by atoms with Gasteiger partial charge in [-0.15, -0.1) is 0 Å². The fourth-order valence-corrected chi connectivity index (χ4v) is 4.54. The second kappa shape index (κ2) is 9.64. The third-order valence-electron chi connectivity index (χ3n) is 3.34. The number of carboxylic acids is 1. The van der Waals surface area contributed by atoms with Crippen molar-refractivity contribution in [3.05, 3.63) is 54.2 Å². The van der Waals surface area contributed by atoms with Gasteiger partial charge in [0.05, 0.1) is 11.3 Å².